The molecular weight excluding hydrogens is 803 g/mol. The number of benzene rings is 3. The van der Waals surface area contributed by atoms with Crippen molar-refractivity contribution in [2.75, 3.05) is 59.5 Å². The Kier molecular flexibility index (Phi) is 12.2. The molecule has 60 heavy (non-hydrogen) atoms. The highest BCUT2D eigenvalue weighted by atomic mass is 35.5. The molecule has 5 heterocycles. The fraction of sp³-hybridized carbons (Fsp3) is 0.378. The molecule has 3 aliphatic rings. The number of rotatable bonds is 12. The molecule has 314 valence electrons. The molecule has 0 saturated carbocycles. The molecule has 2 N–H and O–H groups in total. The zero-order valence-electron chi connectivity index (χ0n) is 33.9. The van der Waals surface area contributed by atoms with Gasteiger partial charge in [-0.3, -0.25) is 29.5 Å². The molecule has 3 fully saturated rings. The molecule has 3 aromatic carbocycles. The summed E-state index contributed by atoms with van der Waals surface area (Å²) in [4.78, 5) is 35.5. The van der Waals surface area contributed by atoms with Crippen LogP contribution in [0.2, 0.25) is 5.02 Å². The van der Waals surface area contributed by atoms with Gasteiger partial charge in [-0.1, -0.05) is 30.7 Å². The second-order valence-electron chi connectivity index (χ2n) is 16.1. The molecule has 0 unspecified atom stereocenters. The number of halogens is 2. The standard InChI is InChI=1S/C45H50ClFN8O4S/c1-3-24-60(58,59)51-41-26-34(46)25-39(43(41)47)40-29-55(50-44(40)33-14-18-48-19-15-33)37-10-8-36(9-11-37)54-23-22-53(30(2)27-54)28-31-16-20-52(21-17-31)35-6-4-32(5-7-35)38-12-13-42(56)49-45(38)57/h4-11,14-15,18-19,25-26,29-31,38,51H,3,12-13,16-17,20-24,27-28H2,1-2H3,(H,49,56,57)/t30-,38-/m1/s1. The number of hydrogen-bond acceptors (Lipinski definition) is 9. The van der Waals surface area contributed by atoms with Gasteiger partial charge in [-0.2, -0.15) is 5.10 Å². The molecule has 2 aromatic heterocycles. The van der Waals surface area contributed by atoms with Crippen LogP contribution in [-0.2, 0) is 19.6 Å². The van der Waals surface area contributed by atoms with E-state index in [1.54, 1.807) is 42.3 Å². The van der Waals surface area contributed by atoms with Crippen LogP contribution >= 0.6 is 11.6 Å². The third-order valence-corrected chi connectivity index (χ3v) is 13.7. The van der Waals surface area contributed by atoms with E-state index in [0.29, 0.717) is 42.5 Å². The maximum absolute atomic E-state index is 16.2. The summed E-state index contributed by atoms with van der Waals surface area (Å²) in [5.74, 6) is -0.903. The van der Waals surface area contributed by atoms with E-state index in [1.807, 2.05) is 24.3 Å². The molecule has 12 nitrogen and oxygen atoms in total. The van der Waals surface area contributed by atoms with Gasteiger partial charge in [0.05, 0.1) is 23.0 Å². The number of aromatic nitrogens is 3. The van der Waals surface area contributed by atoms with E-state index in [9.17, 15) is 18.0 Å². The van der Waals surface area contributed by atoms with Crippen molar-refractivity contribution < 1.29 is 22.4 Å². The third kappa shape index (κ3) is 9.20. The summed E-state index contributed by atoms with van der Waals surface area (Å²) in [5.41, 5.74) is 5.64. The quantitative estimate of drug-likeness (QED) is 0.123. The summed E-state index contributed by atoms with van der Waals surface area (Å²) >= 11 is 6.45. The van der Waals surface area contributed by atoms with Gasteiger partial charge < -0.3 is 9.80 Å². The number of piperazine rings is 1. The topological polar surface area (TPSA) is 133 Å². The Morgan fingerprint density at radius 2 is 1.55 bits per heavy atom. The lowest BCUT2D eigenvalue weighted by Gasteiger charge is -2.43. The number of imide groups is 1. The van der Waals surface area contributed by atoms with Gasteiger partial charge >= 0.3 is 0 Å². The van der Waals surface area contributed by atoms with Crippen molar-refractivity contribution in [1.29, 1.82) is 0 Å². The van der Waals surface area contributed by atoms with Crippen LogP contribution in [0.15, 0.2) is 91.4 Å². The van der Waals surface area contributed by atoms with Crippen molar-refractivity contribution in [3.63, 3.8) is 0 Å². The predicted molar refractivity (Wildman–Crippen MR) is 235 cm³/mol. The van der Waals surface area contributed by atoms with Gasteiger partial charge in [0.15, 0.2) is 5.82 Å². The lowest BCUT2D eigenvalue weighted by molar-refractivity contribution is -0.134. The first-order valence-electron chi connectivity index (χ1n) is 20.7. The fourth-order valence-corrected chi connectivity index (χ4v) is 10.1. The van der Waals surface area contributed by atoms with E-state index in [-0.39, 0.29) is 39.8 Å². The van der Waals surface area contributed by atoms with E-state index in [0.717, 1.165) is 74.6 Å². The average molecular weight is 853 g/mol. The molecule has 2 amide bonds. The Hall–Kier alpha value is -5.31. The number of pyridine rings is 1. The van der Waals surface area contributed by atoms with Gasteiger partial charge in [0, 0.05) is 103 Å². The van der Waals surface area contributed by atoms with Crippen LogP contribution in [0.1, 0.15) is 57.4 Å². The first-order chi connectivity index (χ1) is 28.9. The van der Waals surface area contributed by atoms with E-state index in [2.05, 4.69) is 60.9 Å². The number of nitrogens with zero attached hydrogens (tertiary/aromatic N) is 6. The van der Waals surface area contributed by atoms with Gasteiger partial charge in [-0.05, 0) is 105 Å². The third-order valence-electron chi connectivity index (χ3n) is 12.0. The summed E-state index contributed by atoms with van der Waals surface area (Å²) in [7, 11) is -3.77. The van der Waals surface area contributed by atoms with Gasteiger partial charge in [0.2, 0.25) is 21.8 Å². The Bertz CT molecular complexity index is 2440. The van der Waals surface area contributed by atoms with Crippen molar-refractivity contribution in [1.82, 2.24) is 25.0 Å². The van der Waals surface area contributed by atoms with Gasteiger partial charge in [0.1, 0.15) is 5.69 Å². The predicted octanol–water partition coefficient (Wildman–Crippen LogP) is 7.49. The Morgan fingerprint density at radius 1 is 0.867 bits per heavy atom. The number of sulfonamides is 1. The molecule has 15 heteroatoms. The first kappa shape index (κ1) is 41.4. The molecule has 2 atom stereocenters. The van der Waals surface area contributed by atoms with Crippen molar-refractivity contribution in [2.45, 2.75) is 57.9 Å². The molecule has 0 bridgehead atoms. The molecule has 0 aliphatic carbocycles. The van der Waals surface area contributed by atoms with Crippen molar-refractivity contribution in [3.8, 4) is 28.1 Å². The molecule has 8 rings (SSSR count). The number of amides is 2. The highest BCUT2D eigenvalue weighted by molar-refractivity contribution is 7.92. The second-order valence-corrected chi connectivity index (χ2v) is 18.4. The minimum Gasteiger partial charge on any atom is -0.372 e. The number of carbonyl (C=O) groups excluding carboxylic acids is 2. The smallest absolute Gasteiger partial charge is 0.234 e. The molecule has 0 spiro atoms. The van der Waals surface area contributed by atoms with Crippen LogP contribution in [0.25, 0.3) is 28.1 Å². The summed E-state index contributed by atoms with van der Waals surface area (Å²) in [6.07, 6.45) is 8.62. The molecule has 5 aromatic rings. The second kappa shape index (κ2) is 17.7. The molecule has 3 aliphatic heterocycles. The summed E-state index contributed by atoms with van der Waals surface area (Å²) in [6, 6.07) is 23.3. The maximum Gasteiger partial charge on any atom is 0.234 e. The summed E-state index contributed by atoms with van der Waals surface area (Å²) in [5, 5.41) is 7.54. The van der Waals surface area contributed by atoms with Gasteiger partial charge in [-0.15, -0.1) is 0 Å². The number of carbonyl (C=O) groups is 2. The maximum atomic E-state index is 16.2. The van der Waals surface area contributed by atoms with Crippen LogP contribution in [0.3, 0.4) is 0 Å². The molecule has 0 radical (unpaired) electrons. The van der Waals surface area contributed by atoms with Crippen LogP contribution in [0.4, 0.5) is 21.5 Å². The van der Waals surface area contributed by atoms with E-state index in [4.69, 9.17) is 16.7 Å². The average Bonchev–Trinajstić information content (AvgIpc) is 3.69. The Labute approximate surface area is 355 Å². The highest BCUT2D eigenvalue weighted by Crippen LogP contribution is 2.38. The van der Waals surface area contributed by atoms with E-state index < -0.39 is 15.8 Å². The zero-order chi connectivity index (χ0) is 42.0. The zero-order valence-corrected chi connectivity index (χ0v) is 35.4. The van der Waals surface area contributed by atoms with Crippen molar-refractivity contribution >= 4 is 50.5 Å². The van der Waals surface area contributed by atoms with Crippen LogP contribution in [0, 0.1) is 11.7 Å². The van der Waals surface area contributed by atoms with E-state index in [1.165, 1.54) is 17.8 Å². The Morgan fingerprint density at radius 3 is 2.23 bits per heavy atom. The number of nitrogens with one attached hydrogen (secondary N) is 2. The van der Waals surface area contributed by atoms with Crippen LogP contribution in [0.5, 0.6) is 0 Å². The minimum absolute atomic E-state index is 0.127. The number of anilines is 3. The highest BCUT2D eigenvalue weighted by Gasteiger charge is 2.30. The molecular formula is C45H50ClFN8O4S. The number of hydrogen-bond donors (Lipinski definition) is 2. The largest absolute Gasteiger partial charge is 0.372 e. The Balaban J connectivity index is 0.900. The van der Waals surface area contributed by atoms with Gasteiger partial charge in [-0.25, -0.2) is 17.5 Å². The fourth-order valence-electron chi connectivity index (χ4n) is 8.72. The lowest BCUT2D eigenvalue weighted by atomic mass is 9.90. The lowest BCUT2D eigenvalue weighted by Crippen LogP contribution is -2.53. The monoisotopic (exact) mass is 852 g/mol. The van der Waals surface area contributed by atoms with Gasteiger partial charge in [0.25, 0.3) is 0 Å². The van der Waals surface area contributed by atoms with Crippen LogP contribution in [-0.4, -0.2) is 91.0 Å². The summed E-state index contributed by atoms with van der Waals surface area (Å²) in [6.45, 7) is 9.93. The summed E-state index contributed by atoms with van der Waals surface area (Å²) < 4.78 is 45.4. The van der Waals surface area contributed by atoms with Crippen LogP contribution < -0.4 is 19.8 Å². The first-order valence-corrected chi connectivity index (χ1v) is 22.8. The van der Waals surface area contributed by atoms with E-state index >= 15 is 4.39 Å². The SMILES string of the molecule is CCCS(=O)(=O)Nc1cc(Cl)cc(-c2cn(-c3ccc(N4CCN(CC5CCN(c6ccc([C@H]7CCC(=O)NC7=O)cc6)CC5)[C@H](C)C4)cc3)nc2-c2ccncc2)c1F. The minimum atomic E-state index is -3.77. The number of piperidine rings is 2. The van der Waals surface area contributed by atoms with Crippen molar-refractivity contribution in [2.24, 2.45) is 5.92 Å². The normalized spacial score (nSPS) is 19.4. The molecule has 3 saturated heterocycles. The van der Waals surface area contributed by atoms with Crippen molar-refractivity contribution in [3.05, 3.63) is 108 Å².